The Morgan fingerprint density at radius 3 is 1.31 bits per heavy atom. The van der Waals surface area contributed by atoms with Crippen molar-refractivity contribution in [1.82, 2.24) is 0 Å². The van der Waals surface area contributed by atoms with E-state index in [0.29, 0.717) is 12.5 Å². The molecule has 0 saturated carbocycles. The molecule has 2 N–H and O–H groups in total. The number of hydrogen-bond donors (Lipinski definition) is 2. The maximum absolute atomic E-state index is 8.24. The summed E-state index contributed by atoms with van der Waals surface area (Å²) in [5.74, 6) is 0.648. The van der Waals surface area contributed by atoms with Crippen LogP contribution in [0.4, 0.5) is 0 Å². The van der Waals surface area contributed by atoms with Crippen molar-refractivity contribution in [2.24, 2.45) is 5.92 Å². The Morgan fingerprint density at radius 1 is 1.08 bits per heavy atom. The molecule has 0 saturated heterocycles. The van der Waals surface area contributed by atoms with Crippen LogP contribution in [0.3, 0.4) is 0 Å². The molecule has 0 unspecified atom stereocenters. The predicted molar refractivity (Wildman–Crippen MR) is 60.6 cm³/mol. The summed E-state index contributed by atoms with van der Waals surface area (Å²) >= 11 is 14.4. The highest BCUT2D eigenvalue weighted by atomic mass is 35.6. The lowest BCUT2D eigenvalue weighted by atomic mass is 10.2. The monoisotopic (exact) mass is 252 g/mol. The summed E-state index contributed by atoms with van der Waals surface area (Å²) in [6.45, 7) is 6.45. The molecule has 0 bridgehead atoms. The third-order valence-corrected chi connectivity index (χ3v) is 0.706. The van der Waals surface area contributed by atoms with Crippen LogP contribution in [0.5, 0.6) is 0 Å². The van der Waals surface area contributed by atoms with E-state index in [9.17, 15) is 0 Å². The molecule has 0 aromatic carbocycles. The normalized spacial score (nSPS) is 8.77. The molecule has 0 fully saturated rings. The average Bonchev–Trinajstić information content (AvgIpc) is 1.86. The summed E-state index contributed by atoms with van der Waals surface area (Å²) in [5.41, 5.74) is 0. The van der Waals surface area contributed by atoms with Crippen LogP contribution in [0.15, 0.2) is 0 Å². The van der Waals surface area contributed by atoms with Gasteiger partial charge in [-0.2, -0.15) is 0 Å². The fourth-order valence-corrected chi connectivity index (χ4v) is 0.258. The van der Waals surface area contributed by atoms with E-state index in [1.54, 1.807) is 6.92 Å². The number of aliphatic hydroxyl groups excluding tert-OH is 2. The number of hydrogen-bond acceptors (Lipinski definition) is 2. The molecule has 0 rings (SSSR count). The van der Waals surface area contributed by atoms with Crippen molar-refractivity contribution >= 4 is 34.8 Å². The van der Waals surface area contributed by atoms with Crippen molar-refractivity contribution in [3.63, 3.8) is 0 Å². The molecule has 0 aliphatic carbocycles. The quantitative estimate of drug-likeness (QED) is 0.743. The molecule has 0 aliphatic rings. The second-order valence-corrected chi connectivity index (χ2v) is 4.45. The number of rotatable bonds is 2. The first-order valence-corrected chi connectivity index (χ1v) is 5.37. The van der Waals surface area contributed by atoms with Gasteiger partial charge in [0.15, 0.2) is 4.30 Å². The topological polar surface area (TPSA) is 40.5 Å². The third-order valence-electron chi connectivity index (χ3n) is 0.706. The number of alkyl halides is 3. The first-order valence-electron chi connectivity index (χ1n) is 4.06. The number of halogens is 3. The molecule has 0 atom stereocenters. The summed E-state index contributed by atoms with van der Waals surface area (Å²) < 4.78 is -0.750. The number of aliphatic hydroxyl groups is 2. The Hall–Kier alpha value is 0.790. The van der Waals surface area contributed by atoms with Crippen LogP contribution in [0.25, 0.3) is 0 Å². The summed E-state index contributed by atoms with van der Waals surface area (Å²) in [5, 5.41) is 15.8. The summed E-state index contributed by atoms with van der Waals surface area (Å²) in [6, 6.07) is 0. The van der Waals surface area contributed by atoms with E-state index in [1.807, 2.05) is 0 Å². The summed E-state index contributed by atoms with van der Waals surface area (Å²) in [7, 11) is 0. The molecule has 0 radical (unpaired) electrons. The van der Waals surface area contributed by atoms with Gasteiger partial charge < -0.3 is 10.2 Å². The van der Waals surface area contributed by atoms with Gasteiger partial charge in [-0.05, 0) is 19.3 Å². The van der Waals surface area contributed by atoms with Gasteiger partial charge >= 0.3 is 0 Å². The molecule has 0 spiro atoms. The van der Waals surface area contributed by atoms with Crippen LogP contribution >= 0.6 is 34.8 Å². The van der Waals surface area contributed by atoms with E-state index in [0.717, 1.165) is 6.42 Å². The van der Waals surface area contributed by atoms with Crippen molar-refractivity contribution in [2.75, 3.05) is 13.2 Å². The second kappa shape index (κ2) is 18.5. The Kier molecular flexibility index (Phi) is 27.6. The highest BCUT2D eigenvalue weighted by molar-refractivity contribution is 6.63. The maximum Gasteiger partial charge on any atom is 0.180 e. The molecule has 13 heavy (non-hydrogen) atoms. The van der Waals surface area contributed by atoms with E-state index in [2.05, 4.69) is 13.8 Å². The second-order valence-electron chi connectivity index (χ2n) is 2.47. The van der Waals surface area contributed by atoms with Crippen LogP contribution in [-0.2, 0) is 0 Å². The lowest BCUT2D eigenvalue weighted by Gasteiger charge is -1.95. The standard InChI is InChI=1S/C5H12O.C2H6O.CHCl3/c1-5(2)3-4-6;1-2-3;2-1(3)4/h5-6H,3-4H2,1-2H3;3H,2H2,1H3;1H. The van der Waals surface area contributed by atoms with Crippen LogP contribution in [0.1, 0.15) is 27.2 Å². The van der Waals surface area contributed by atoms with E-state index in [-0.39, 0.29) is 6.61 Å². The summed E-state index contributed by atoms with van der Waals surface area (Å²) in [4.78, 5) is 0. The van der Waals surface area contributed by atoms with Gasteiger partial charge in [0.05, 0.1) is 0 Å². The fraction of sp³-hybridized carbons (Fsp3) is 1.00. The minimum atomic E-state index is -0.750. The average molecular weight is 254 g/mol. The molecule has 0 aromatic rings. The minimum absolute atomic E-state index is 0.250. The SMILES string of the molecule is CC(C)CCO.CCO.ClC(Cl)Cl. The smallest absolute Gasteiger partial charge is 0.180 e. The van der Waals surface area contributed by atoms with Gasteiger partial charge in [0.1, 0.15) is 0 Å². The molecule has 0 amide bonds. The van der Waals surface area contributed by atoms with Crippen molar-refractivity contribution in [3.05, 3.63) is 0 Å². The zero-order chi connectivity index (χ0) is 11.3. The van der Waals surface area contributed by atoms with E-state index < -0.39 is 4.30 Å². The molecule has 2 nitrogen and oxygen atoms in total. The van der Waals surface area contributed by atoms with Crippen molar-refractivity contribution in [3.8, 4) is 0 Å². The van der Waals surface area contributed by atoms with E-state index in [4.69, 9.17) is 45.0 Å². The van der Waals surface area contributed by atoms with Gasteiger partial charge in [0.2, 0.25) is 0 Å². The van der Waals surface area contributed by atoms with Crippen LogP contribution in [-0.4, -0.2) is 27.7 Å². The molecule has 0 heterocycles. The first kappa shape index (κ1) is 19.4. The third kappa shape index (κ3) is 104. The Bertz CT molecular complexity index is 67.7. The Balaban J connectivity index is -0.000000125. The minimum Gasteiger partial charge on any atom is -0.397 e. The van der Waals surface area contributed by atoms with Crippen molar-refractivity contribution in [1.29, 1.82) is 0 Å². The maximum atomic E-state index is 8.24. The van der Waals surface area contributed by atoms with Gasteiger partial charge in [-0.3, -0.25) is 0 Å². The lowest BCUT2D eigenvalue weighted by Crippen LogP contribution is -1.89. The molecule has 0 aromatic heterocycles. The van der Waals surface area contributed by atoms with Gasteiger partial charge in [0.25, 0.3) is 0 Å². The molecular formula is C8H19Cl3O2. The lowest BCUT2D eigenvalue weighted by molar-refractivity contribution is 0.268. The van der Waals surface area contributed by atoms with Crippen LogP contribution in [0.2, 0.25) is 0 Å². The molecule has 84 valence electrons. The van der Waals surface area contributed by atoms with Crippen LogP contribution < -0.4 is 0 Å². The highest BCUT2D eigenvalue weighted by Gasteiger charge is 1.86. The van der Waals surface area contributed by atoms with E-state index in [1.165, 1.54) is 0 Å². The van der Waals surface area contributed by atoms with Crippen molar-refractivity contribution in [2.45, 2.75) is 31.5 Å². The Labute approximate surface area is 95.8 Å². The molecule has 0 aliphatic heterocycles. The highest BCUT2D eigenvalue weighted by Crippen LogP contribution is 2.03. The predicted octanol–water partition coefficient (Wildman–Crippen LogP) is 3.01. The summed E-state index contributed by atoms with van der Waals surface area (Å²) in [6.07, 6.45) is 0.931. The molecule has 5 heteroatoms. The fourth-order valence-electron chi connectivity index (χ4n) is 0.258. The van der Waals surface area contributed by atoms with Gasteiger partial charge in [0, 0.05) is 13.2 Å². The van der Waals surface area contributed by atoms with Gasteiger partial charge in [-0.15, -0.1) is 0 Å². The van der Waals surface area contributed by atoms with Gasteiger partial charge in [-0.25, -0.2) is 0 Å². The zero-order valence-corrected chi connectivity index (χ0v) is 10.6. The first-order chi connectivity index (χ1) is 5.92. The van der Waals surface area contributed by atoms with Crippen molar-refractivity contribution < 1.29 is 10.2 Å². The van der Waals surface area contributed by atoms with Crippen LogP contribution in [0, 0.1) is 5.92 Å². The Morgan fingerprint density at radius 2 is 1.31 bits per heavy atom. The zero-order valence-electron chi connectivity index (χ0n) is 8.30. The van der Waals surface area contributed by atoms with E-state index >= 15 is 0 Å². The molecular weight excluding hydrogens is 234 g/mol. The largest absolute Gasteiger partial charge is 0.397 e. The van der Waals surface area contributed by atoms with Gasteiger partial charge in [-0.1, -0.05) is 48.7 Å².